The van der Waals surface area contributed by atoms with E-state index in [1.54, 1.807) is 0 Å². The normalized spacial score (nSPS) is 36.9. The van der Waals surface area contributed by atoms with Crippen LogP contribution < -0.4 is 0 Å². The number of rotatable bonds is 0. The molecule has 0 aromatic carbocycles. The van der Waals surface area contributed by atoms with Crippen LogP contribution in [0.25, 0.3) is 0 Å². The molecule has 0 bridgehead atoms. The molecule has 0 spiro atoms. The molecule has 12 heavy (non-hydrogen) atoms. The largest absolute Gasteiger partial charge is 0.0880 e. The summed E-state index contributed by atoms with van der Waals surface area (Å²) in [4.78, 5) is 0. The first kappa shape index (κ1) is 9.83. The Hall–Kier alpha value is -0.260. The van der Waals surface area contributed by atoms with Gasteiger partial charge in [-0.3, -0.25) is 0 Å². The van der Waals surface area contributed by atoms with Crippen LogP contribution in [0.2, 0.25) is 0 Å². The summed E-state index contributed by atoms with van der Waals surface area (Å²) in [6.45, 7) is 11.8. The minimum atomic E-state index is 0.435. The van der Waals surface area contributed by atoms with Crippen molar-refractivity contribution in [1.29, 1.82) is 0 Å². The van der Waals surface area contributed by atoms with Crippen LogP contribution in [0.5, 0.6) is 0 Å². The minimum Gasteiger partial charge on any atom is -0.0880 e. The fourth-order valence-corrected chi connectivity index (χ4v) is 2.26. The molecule has 0 amide bonds. The van der Waals surface area contributed by atoms with E-state index >= 15 is 0 Å². The van der Waals surface area contributed by atoms with E-state index in [4.69, 9.17) is 0 Å². The predicted octanol–water partition coefficient (Wildman–Crippen LogP) is 3.88. The zero-order valence-electron chi connectivity index (χ0n) is 9.09. The summed E-state index contributed by atoms with van der Waals surface area (Å²) in [6.07, 6.45) is 6.05. The van der Waals surface area contributed by atoms with E-state index in [9.17, 15) is 0 Å². The van der Waals surface area contributed by atoms with Crippen molar-refractivity contribution in [2.45, 2.75) is 41.0 Å². The second-order valence-electron chi connectivity index (χ2n) is 5.39. The first-order chi connectivity index (χ1) is 5.43. The number of hydrogen-bond acceptors (Lipinski definition) is 0. The Labute approximate surface area is 77.1 Å². The van der Waals surface area contributed by atoms with Crippen molar-refractivity contribution in [3.63, 3.8) is 0 Å². The molecule has 0 saturated heterocycles. The molecule has 0 fully saturated rings. The molecule has 0 aromatic rings. The van der Waals surface area contributed by atoms with Gasteiger partial charge < -0.3 is 0 Å². The quantitative estimate of drug-likeness (QED) is 0.479. The van der Waals surface area contributed by atoms with Crippen molar-refractivity contribution in [2.75, 3.05) is 0 Å². The fourth-order valence-electron chi connectivity index (χ4n) is 2.26. The molecule has 0 heterocycles. The first-order valence-electron chi connectivity index (χ1n) is 5.09. The highest BCUT2D eigenvalue weighted by Crippen LogP contribution is 2.40. The maximum atomic E-state index is 2.42. The highest BCUT2D eigenvalue weighted by molar-refractivity contribution is 5.02. The molecule has 1 aliphatic rings. The van der Waals surface area contributed by atoms with Gasteiger partial charge in [-0.1, -0.05) is 46.8 Å². The summed E-state index contributed by atoms with van der Waals surface area (Å²) in [7, 11) is 0. The van der Waals surface area contributed by atoms with Crippen molar-refractivity contribution in [3.8, 4) is 0 Å². The molecule has 0 nitrogen and oxygen atoms in total. The molecular weight excluding hydrogens is 144 g/mol. The van der Waals surface area contributed by atoms with Gasteiger partial charge in [0.05, 0.1) is 0 Å². The summed E-state index contributed by atoms with van der Waals surface area (Å²) < 4.78 is 0. The van der Waals surface area contributed by atoms with E-state index in [1.165, 1.54) is 6.42 Å². The Morgan fingerprint density at radius 3 is 2.17 bits per heavy atom. The Balaban J connectivity index is 2.77. The van der Waals surface area contributed by atoms with E-state index < -0.39 is 0 Å². The van der Waals surface area contributed by atoms with Gasteiger partial charge in [-0.05, 0) is 29.6 Å². The van der Waals surface area contributed by atoms with Gasteiger partial charge in [0.25, 0.3) is 0 Å². The van der Waals surface area contributed by atoms with Crippen LogP contribution in [0.4, 0.5) is 0 Å². The molecule has 0 aromatic heterocycles. The lowest BCUT2D eigenvalue weighted by Gasteiger charge is -2.38. The summed E-state index contributed by atoms with van der Waals surface area (Å²) in [5.41, 5.74) is 0.435. The Bertz CT molecular complexity index is 171. The van der Waals surface area contributed by atoms with Crippen molar-refractivity contribution < 1.29 is 0 Å². The Morgan fingerprint density at radius 1 is 1.17 bits per heavy atom. The zero-order chi connectivity index (χ0) is 9.35. The average molecular weight is 166 g/mol. The van der Waals surface area contributed by atoms with Gasteiger partial charge in [-0.25, -0.2) is 0 Å². The topological polar surface area (TPSA) is 0 Å². The van der Waals surface area contributed by atoms with Crippen LogP contribution >= 0.6 is 0 Å². The van der Waals surface area contributed by atoms with Crippen molar-refractivity contribution in [1.82, 2.24) is 0 Å². The predicted molar refractivity (Wildman–Crippen MR) is 55.0 cm³/mol. The minimum absolute atomic E-state index is 0.435. The molecule has 70 valence electrons. The van der Waals surface area contributed by atoms with E-state index in [-0.39, 0.29) is 0 Å². The van der Waals surface area contributed by atoms with E-state index in [0.717, 1.165) is 17.8 Å². The fraction of sp³-hybridized carbons (Fsp3) is 0.833. The van der Waals surface area contributed by atoms with Crippen LogP contribution in [0.15, 0.2) is 12.2 Å². The molecule has 3 unspecified atom stereocenters. The van der Waals surface area contributed by atoms with Crippen molar-refractivity contribution in [2.24, 2.45) is 23.2 Å². The summed E-state index contributed by atoms with van der Waals surface area (Å²) in [6, 6.07) is 0. The van der Waals surface area contributed by atoms with Crippen molar-refractivity contribution in [3.05, 3.63) is 12.2 Å². The monoisotopic (exact) mass is 166 g/mol. The molecule has 1 rings (SSSR count). The van der Waals surface area contributed by atoms with Gasteiger partial charge in [-0.15, -0.1) is 0 Å². The third-order valence-corrected chi connectivity index (χ3v) is 3.32. The van der Waals surface area contributed by atoms with Gasteiger partial charge in [-0.2, -0.15) is 0 Å². The van der Waals surface area contributed by atoms with Crippen LogP contribution in [-0.4, -0.2) is 0 Å². The maximum Gasteiger partial charge on any atom is -0.0156 e. The lowest BCUT2D eigenvalue weighted by Crippen LogP contribution is -2.30. The van der Waals surface area contributed by atoms with Crippen LogP contribution in [0.3, 0.4) is 0 Å². The van der Waals surface area contributed by atoms with Crippen molar-refractivity contribution >= 4 is 0 Å². The van der Waals surface area contributed by atoms with Gasteiger partial charge in [0.2, 0.25) is 0 Å². The third kappa shape index (κ3) is 1.91. The zero-order valence-corrected chi connectivity index (χ0v) is 9.09. The van der Waals surface area contributed by atoms with Crippen LogP contribution in [0.1, 0.15) is 41.0 Å². The molecule has 0 aliphatic heterocycles. The highest BCUT2D eigenvalue weighted by atomic mass is 14.4. The van der Waals surface area contributed by atoms with Crippen LogP contribution in [0, 0.1) is 23.2 Å². The van der Waals surface area contributed by atoms with E-state index in [2.05, 4.69) is 46.8 Å². The molecule has 0 radical (unpaired) electrons. The third-order valence-electron chi connectivity index (χ3n) is 3.32. The number of allylic oxidation sites excluding steroid dienone is 2. The summed E-state index contributed by atoms with van der Waals surface area (Å²) in [5, 5.41) is 0. The molecule has 3 atom stereocenters. The molecule has 1 aliphatic carbocycles. The second-order valence-corrected chi connectivity index (χ2v) is 5.39. The number of hydrogen-bond donors (Lipinski definition) is 0. The molecule has 0 heteroatoms. The van der Waals surface area contributed by atoms with E-state index in [1.807, 2.05) is 0 Å². The Morgan fingerprint density at radius 2 is 1.75 bits per heavy atom. The lowest BCUT2D eigenvalue weighted by atomic mass is 9.67. The first-order valence-corrected chi connectivity index (χ1v) is 5.09. The molecular formula is C12H22. The molecule has 0 N–H and O–H groups in total. The van der Waals surface area contributed by atoms with Gasteiger partial charge in [0.15, 0.2) is 0 Å². The lowest BCUT2D eigenvalue weighted by molar-refractivity contribution is 0.162. The maximum absolute atomic E-state index is 2.42. The molecule has 0 saturated carbocycles. The summed E-state index contributed by atoms with van der Waals surface area (Å²) in [5.74, 6) is 2.47. The highest BCUT2D eigenvalue weighted by Gasteiger charge is 2.31. The van der Waals surface area contributed by atoms with Gasteiger partial charge in [0.1, 0.15) is 0 Å². The van der Waals surface area contributed by atoms with Gasteiger partial charge in [0, 0.05) is 0 Å². The Kier molecular flexibility index (Phi) is 2.65. The second kappa shape index (κ2) is 3.24. The average Bonchev–Trinajstić information content (AvgIpc) is 1.92. The van der Waals surface area contributed by atoms with E-state index in [0.29, 0.717) is 5.41 Å². The smallest absolute Gasteiger partial charge is 0.0156 e. The van der Waals surface area contributed by atoms with Crippen LogP contribution in [-0.2, 0) is 0 Å². The van der Waals surface area contributed by atoms with Gasteiger partial charge >= 0.3 is 0 Å². The SMILES string of the molecule is CC1CC=CC(C(C)(C)C)C1C. The summed E-state index contributed by atoms with van der Waals surface area (Å²) >= 11 is 0. The standard InChI is InChI=1S/C12H22/c1-9-7-6-8-11(10(9)2)12(3,4)5/h6,8-11H,7H2,1-5H3.